The molecule has 0 fully saturated rings. The number of carbonyl (C=O) groups excluding carboxylic acids is 1. The maximum absolute atomic E-state index is 12.5. The van der Waals surface area contributed by atoms with Gasteiger partial charge in [0.15, 0.2) is 5.78 Å². The van der Waals surface area contributed by atoms with Crippen molar-refractivity contribution in [2.24, 2.45) is 5.92 Å². The van der Waals surface area contributed by atoms with Gasteiger partial charge in [0.1, 0.15) is 5.75 Å². The number of aryl methyl sites for hydroxylation is 2. The maximum Gasteiger partial charge on any atom is 0.167 e. The van der Waals surface area contributed by atoms with Gasteiger partial charge in [-0.05, 0) is 58.1 Å². The standard InChI is InChI=1S/C16H25NO2/c1-7-19-15-9-11(2)14(8-12(15)3)16(18)13(4)10-17(5)6/h8-9,13H,7,10H2,1-6H3. The average Bonchev–Trinajstić information content (AvgIpc) is 2.32. The third-order valence-corrected chi connectivity index (χ3v) is 3.17. The Hall–Kier alpha value is -1.35. The van der Waals surface area contributed by atoms with Gasteiger partial charge in [-0.2, -0.15) is 0 Å². The van der Waals surface area contributed by atoms with Crippen LogP contribution in [-0.2, 0) is 0 Å². The molecular weight excluding hydrogens is 238 g/mol. The first-order valence-electron chi connectivity index (χ1n) is 6.79. The minimum absolute atomic E-state index is 0.00560. The summed E-state index contributed by atoms with van der Waals surface area (Å²) in [5, 5.41) is 0. The summed E-state index contributed by atoms with van der Waals surface area (Å²) in [6.07, 6.45) is 0. The fourth-order valence-electron chi connectivity index (χ4n) is 2.26. The molecule has 0 aromatic heterocycles. The first-order chi connectivity index (χ1) is 8.86. The van der Waals surface area contributed by atoms with E-state index in [4.69, 9.17) is 4.74 Å². The van der Waals surface area contributed by atoms with Crippen LogP contribution < -0.4 is 4.74 Å². The van der Waals surface area contributed by atoms with E-state index < -0.39 is 0 Å². The Morgan fingerprint density at radius 1 is 1.26 bits per heavy atom. The Kier molecular flexibility index (Phi) is 5.55. The van der Waals surface area contributed by atoms with Gasteiger partial charge in [-0.3, -0.25) is 4.79 Å². The molecule has 1 aromatic carbocycles. The molecule has 0 aliphatic carbocycles. The summed E-state index contributed by atoms with van der Waals surface area (Å²) in [6.45, 7) is 9.31. The molecule has 0 saturated carbocycles. The molecule has 0 spiro atoms. The van der Waals surface area contributed by atoms with Crippen LogP contribution in [0.4, 0.5) is 0 Å². The van der Waals surface area contributed by atoms with Gasteiger partial charge in [0, 0.05) is 18.0 Å². The van der Waals surface area contributed by atoms with Crippen LogP contribution >= 0.6 is 0 Å². The summed E-state index contributed by atoms with van der Waals surface area (Å²) < 4.78 is 5.56. The van der Waals surface area contributed by atoms with Crippen molar-refractivity contribution in [2.45, 2.75) is 27.7 Å². The second-order valence-electron chi connectivity index (χ2n) is 5.39. The van der Waals surface area contributed by atoms with Gasteiger partial charge in [-0.25, -0.2) is 0 Å². The Balaban J connectivity index is 3.01. The predicted octanol–water partition coefficient (Wildman–Crippen LogP) is 3.08. The number of carbonyl (C=O) groups is 1. The quantitative estimate of drug-likeness (QED) is 0.739. The molecule has 0 radical (unpaired) electrons. The molecule has 0 saturated heterocycles. The van der Waals surface area contributed by atoms with E-state index in [0.717, 1.165) is 29.0 Å². The third kappa shape index (κ3) is 4.06. The minimum Gasteiger partial charge on any atom is -0.494 e. The van der Waals surface area contributed by atoms with Crippen molar-refractivity contribution in [2.75, 3.05) is 27.2 Å². The number of hydrogen-bond donors (Lipinski definition) is 0. The third-order valence-electron chi connectivity index (χ3n) is 3.17. The van der Waals surface area contributed by atoms with Crippen molar-refractivity contribution in [3.05, 3.63) is 28.8 Å². The zero-order valence-electron chi connectivity index (χ0n) is 12.9. The van der Waals surface area contributed by atoms with E-state index in [0.29, 0.717) is 6.61 Å². The zero-order chi connectivity index (χ0) is 14.6. The van der Waals surface area contributed by atoms with E-state index in [1.165, 1.54) is 0 Å². The fraction of sp³-hybridized carbons (Fsp3) is 0.562. The Morgan fingerprint density at radius 2 is 1.89 bits per heavy atom. The van der Waals surface area contributed by atoms with Gasteiger partial charge in [-0.1, -0.05) is 6.92 Å². The highest BCUT2D eigenvalue weighted by Gasteiger charge is 2.19. The Bertz CT molecular complexity index is 452. The Labute approximate surface area is 116 Å². The molecule has 3 nitrogen and oxygen atoms in total. The number of rotatable bonds is 6. The number of Topliss-reactive ketones (excluding diaryl/α,β-unsaturated/α-hetero) is 1. The van der Waals surface area contributed by atoms with Crippen LogP contribution in [-0.4, -0.2) is 37.9 Å². The minimum atomic E-state index is 0.00560. The fourth-order valence-corrected chi connectivity index (χ4v) is 2.26. The van der Waals surface area contributed by atoms with Gasteiger partial charge in [0.2, 0.25) is 0 Å². The smallest absolute Gasteiger partial charge is 0.167 e. The van der Waals surface area contributed by atoms with Crippen molar-refractivity contribution in [1.29, 1.82) is 0 Å². The van der Waals surface area contributed by atoms with Crippen LogP contribution in [0.5, 0.6) is 5.75 Å². The lowest BCUT2D eigenvalue weighted by atomic mass is 9.93. The van der Waals surface area contributed by atoms with Crippen LogP contribution in [0, 0.1) is 19.8 Å². The second kappa shape index (κ2) is 6.71. The lowest BCUT2D eigenvalue weighted by Gasteiger charge is -2.18. The lowest BCUT2D eigenvalue weighted by Crippen LogP contribution is -2.26. The molecule has 0 amide bonds. The molecule has 3 heteroatoms. The number of nitrogens with zero attached hydrogens (tertiary/aromatic N) is 1. The molecule has 0 aliphatic heterocycles. The number of ether oxygens (including phenoxy) is 1. The van der Waals surface area contributed by atoms with Crippen LogP contribution in [0.1, 0.15) is 35.3 Å². The highest BCUT2D eigenvalue weighted by atomic mass is 16.5. The van der Waals surface area contributed by atoms with Crippen LogP contribution in [0.15, 0.2) is 12.1 Å². The summed E-state index contributed by atoms with van der Waals surface area (Å²) in [5.74, 6) is 1.08. The van der Waals surface area contributed by atoms with Gasteiger partial charge < -0.3 is 9.64 Å². The highest BCUT2D eigenvalue weighted by molar-refractivity contribution is 5.99. The van der Waals surface area contributed by atoms with Gasteiger partial charge >= 0.3 is 0 Å². The Morgan fingerprint density at radius 3 is 2.42 bits per heavy atom. The van der Waals surface area contributed by atoms with Crippen molar-refractivity contribution >= 4 is 5.78 Å². The van der Waals surface area contributed by atoms with E-state index >= 15 is 0 Å². The molecule has 1 atom stereocenters. The molecule has 1 rings (SSSR count). The average molecular weight is 263 g/mol. The predicted molar refractivity (Wildman–Crippen MR) is 79.1 cm³/mol. The summed E-state index contributed by atoms with van der Waals surface area (Å²) in [4.78, 5) is 14.5. The highest BCUT2D eigenvalue weighted by Crippen LogP contribution is 2.24. The summed E-state index contributed by atoms with van der Waals surface area (Å²) >= 11 is 0. The van der Waals surface area contributed by atoms with E-state index in [1.54, 1.807) is 0 Å². The molecule has 106 valence electrons. The van der Waals surface area contributed by atoms with Gasteiger partial charge in [0.05, 0.1) is 6.61 Å². The first kappa shape index (κ1) is 15.7. The largest absolute Gasteiger partial charge is 0.494 e. The summed E-state index contributed by atoms with van der Waals surface area (Å²) in [5.41, 5.74) is 2.83. The molecule has 1 aromatic rings. The van der Waals surface area contributed by atoms with Crippen LogP contribution in [0.2, 0.25) is 0 Å². The molecule has 0 aliphatic rings. The number of hydrogen-bond acceptors (Lipinski definition) is 3. The van der Waals surface area contributed by atoms with Crippen molar-refractivity contribution in [3.63, 3.8) is 0 Å². The van der Waals surface area contributed by atoms with Gasteiger partial charge in [-0.15, -0.1) is 0 Å². The normalized spacial score (nSPS) is 12.6. The van der Waals surface area contributed by atoms with Crippen LogP contribution in [0.25, 0.3) is 0 Å². The molecule has 19 heavy (non-hydrogen) atoms. The topological polar surface area (TPSA) is 29.5 Å². The van der Waals surface area contributed by atoms with Crippen molar-refractivity contribution < 1.29 is 9.53 Å². The molecule has 1 unspecified atom stereocenters. The molecule has 0 bridgehead atoms. The van der Waals surface area contributed by atoms with Crippen LogP contribution in [0.3, 0.4) is 0 Å². The van der Waals surface area contributed by atoms with Crippen molar-refractivity contribution in [1.82, 2.24) is 4.90 Å². The zero-order valence-corrected chi connectivity index (χ0v) is 12.9. The van der Waals surface area contributed by atoms with E-state index in [-0.39, 0.29) is 11.7 Å². The first-order valence-corrected chi connectivity index (χ1v) is 6.79. The second-order valence-corrected chi connectivity index (χ2v) is 5.39. The van der Waals surface area contributed by atoms with E-state index in [2.05, 4.69) is 0 Å². The SMILES string of the molecule is CCOc1cc(C)c(C(=O)C(C)CN(C)C)cc1C. The number of ketones is 1. The molecule has 0 heterocycles. The van der Waals surface area contributed by atoms with Gasteiger partial charge in [0.25, 0.3) is 0 Å². The summed E-state index contributed by atoms with van der Waals surface area (Å²) in [7, 11) is 3.97. The van der Waals surface area contributed by atoms with E-state index in [1.807, 2.05) is 58.8 Å². The lowest BCUT2D eigenvalue weighted by molar-refractivity contribution is 0.0909. The number of benzene rings is 1. The summed E-state index contributed by atoms with van der Waals surface area (Å²) in [6, 6.07) is 3.92. The maximum atomic E-state index is 12.5. The monoisotopic (exact) mass is 263 g/mol. The molecule has 0 N–H and O–H groups in total. The van der Waals surface area contributed by atoms with Crippen molar-refractivity contribution in [3.8, 4) is 5.75 Å². The molecular formula is C16H25NO2. The van der Waals surface area contributed by atoms with E-state index in [9.17, 15) is 4.79 Å².